The molecule has 18 heteroatoms. The van der Waals surface area contributed by atoms with Crippen LogP contribution in [0.5, 0.6) is 92.0 Å². The molecule has 1 amide bonds. The van der Waals surface area contributed by atoms with E-state index >= 15 is 4.79 Å². The van der Waals surface area contributed by atoms with E-state index in [-0.39, 0.29) is 34.5 Å². The predicted octanol–water partition coefficient (Wildman–Crippen LogP) is 29.7. The van der Waals surface area contributed by atoms with Crippen molar-refractivity contribution in [2.75, 3.05) is 76.2 Å². The van der Waals surface area contributed by atoms with Gasteiger partial charge in [0.25, 0.3) is 5.91 Å². The Kier molecular flexibility index (Phi) is 45.7. The molecule has 0 radical (unpaired) electrons. The van der Waals surface area contributed by atoms with Gasteiger partial charge in [0.15, 0.2) is 46.0 Å². The molecule has 8 aromatic carbocycles. The third kappa shape index (κ3) is 34.3. The quantitative estimate of drug-likeness (QED) is 0.0140. The molecule has 0 aliphatic rings. The zero-order chi connectivity index (χ0) is 86.6. The first-order valence-corrected chi connectivity index (χ1v) is 46.7. The van der Waals surface area contributed by atoms with E-state index in [1.807, 2.05) is 103 Å². The molecule has 0 bridgehead atoms. The Labute approximate surface area is 730 Å². The summed E-state index contributed by atoms with van der Waals surface area (Å²) in [6, 6.07) is 41.6. The standard InChI is InChI=1S/C104H145N3O15/c1-10-19-28-37-56-110-91-72-88(73-92(111-57-38-29-20-11-2)99(91)116-62-43-34-25-16-7)119-97-70-83(104(109)122-87-54-52-86(53-55-87)107-103(108)82-66-80(78-48-46-50-84(105)68-78)65-81(67-82)79-49-47-51-85(106)69-79)71-98(120-89-74-93(112-58-39-30-21-12-3)100(117-63-44-35-26-17-8)94(75-89)113-59-40-31-22-13-4)102(97)121-90-76-95(114-60-41-32-23-14-5)101(118-64-45-36-27-18-9)96(77-90)115-61-42-33-24-15-6/h46-55,65-77H,10-45,56-64,105-106H2,1-9H3,(H,107,108). The molecule has 8 aromatic rings. The van der Waals surface area contributed by atoms with Crippen LogP contribution in [0.1, 0.15) is 314 Å². The Bertz CT molecular complexity index is 4030. The summed E-state index contributed by atoms with van der Waals surface area (Å²) in [5.74, 6) is 4.30. The van der Waals surface area contributed by atoms with Crippen LogP contribution in [-0.4, -0.2) is 71.3 Å². The maximum atomic E-state index is 15.7. The third-order valence-corrected chi connectivity index (χ3v) is 21.1. The molecule has 8 rings (SSSR count). The molecule has 0 aromatic heterocycles. The monoisotopic (exact) mass is 1680 g/mol. The van der Waals surface area contributed by atoms with Crippen molar-refractivity contribution in [3.05, 3.63) is 151 Å². The van der Waals surface area contributed by atoms with E-state index in [1.165, 1.54) is 0 Å². The maximum absolute atomic E-state index is 15.7. The number of anilines is 3. The molecule has 122 heavy (non-hydrogen) atoms. The first-order valence-electron chi connectivity index (χ1n) is 46.7. The highest BCUT2D eigenvalue weighted by Gasteiger charge is 2.29. The molecule has 0 heterocycles. The van der Waals surface area contributed by atoms with Crippen LogP contribution in [0.2, 0.25) is 0 Å². The lowest BCUT2D eigenvalue weighted by molar-refractivity contribution is 0.0733. The number of hydrogen-bond acceptors (Lipinski definition) is 17. The minimum atomic E-state index is -0.772. The van der Waals surface area contributed by atoms with Crippen molar-refractivity contribution < 1.29 is 71.2 Å². The summed E-state index contributed by atoms with van der Waals surface area (Å²) in [6.45, 7) is 23.6. The number of hydrogen-bond donors (Lipinski definition) is 3. The molecule has 0 saturated heterocycles. The highest BCUT2D eigenvalue weighted by Crippen LogP contribution is 2.52. The molecule has 0 aliphatic heterocycles. The SMILES string of the molecule is CCCCCCOc1cc(Oc2cc(C(=O)Oc3ccc(NC(=O)c4cc(-c5cccc(N)c5)cc(-c5cccc(N)c5)c4)cc3)cc(Oc3cc(OCCCCCC)c(OCCCCCC)c(OCCCCCC)c3)c2Oc2cc(OCCCCCC)c(OCCCCCC)c(OCCCCCC)c2)cc(OCCCCCC)c1OCCCCCC. The number of nitrogen functional groups attached to an aromatic ring is 2. The van der Waals surface area contributed by atoms with Crippen LogP contribution in [0.3, 0.4) is 0 Å². The van der Waals surface area contributed by atoms with Gasteiger partial charge in [0, 0.05) is 59.0 Å². The lowest BCUT2D eigenvalue weighted by Crippen LogP contribution is -2.12. The second-order valence-electron chi connectivity index (χ2n) is 32.0. The number of benzene rings is 8. The largest absolute Gasteiger partial charge is 0.489 e. The molecule has 18 nitrogen and oxygen atoms in total. The van der Waals surface area contributed by atoms with Crippen LogP contribution < -0.4 is 78.4 Å². The van der Waals surface area contributed by atoms with E-state index < -0.39 is 5.97 Å². The third-order valence-electron chi connectivity index (χ3n) is 21.1. The topological polar surface area (TPSA) is 218 Å². The summed E-state index contributed by atoms with van der Waals surface area (Å²) in [6.07, 6.45) is 35.7. The van der Waals surface area contributed by atoms with E-state index in [0.29, 0.717) is 151 Å². The van der Waals surface area contributed by atoms with Gasteiger partial charge in [-0.15, -0.1) is 0 Å². The Morgan fingerprint density at radius 1 is 0.254 bits per heavy atom. The van der Waals surface area contributed by atoms with Crippen molar-refractivity contribution in [3.8, 4) is 114 Å². The summed E-state index contributed by atoms with van der Waals surface area (Å²) in [5, 5.41) is 3.08. The Morgan fingerprint density at radius 2 is 0.541 bits per heavy atom. The van der Waals surface area contributed by atoms with Gasteiger partial charge in [-0.05, 0) is 159 Å². The number of rotatable bonds is 66. The van der Waals surface area contributed by atoms with Crippen molar-refractivity contribution >= 4 is 28.9 Å². The van der Waals surface area contributed by atoms with Gasteiger partial charge in [-0.1, -0.05) is 260 Å². The van der Waals surface area contributed by atoms with Crippen LogP contribution >= 0.6 is 0 Å². The lowest BCUT2D eigenvalue weighted by Gasteiger charge is -2.23. The van der Waals surface area contributed by atoms with E-state index in [9.17, 15) is 4.79 Å². The smallest absolute Gasteiger partial charge is 0.343 e. The van der Waals surface area contributed by atoms with E-state index in [1.54, 1.807) is 36.4 Å². The van der Waals surface area contributed by atoms with Gasteiger partial charge in [-0.2, -0.15) is 0 Å². The maximum Gasteiger partial charge on any atom is 0.343 e. The van der Waals surface area contributed by atoms with E-state index in [4.69, 9.17) is 73.0 Å². The molecule has 0 atom stereocenters. The van der Waals surface area contributed by atoms with Crippen molar-refractivity contribution in [1.29, 1.82) is 0 Å². The molecule has 666 valence electrons. The summed E-state index contributed by atoms with van der Waals surface area (Å²) in [7, 11) is 0. The zero-order valence-electron chi connectivity index (χ0n) is 75.4. The Hall–Kier alpha value is -10.1. The number of amides is 1. The zero-order valence-corrected chi connectivity index (χ0v) is 75.4. The summed E-state index contributed by atoms with van der Waals surface area (Å²) >= 11 is 0. The summed E-state index contributed by atoms with van der Waals surface area (Å²) < 4.78 is 90.0. The molecule has 0 unspecified atom stereocenters. The minimum Gasteiger partial charge on any atom is -0.489 e. The minimum absolute atomic E-state index is 0.0217. The molecular formula is C104H145N3O15. The van der Waals surface area contributed by atoms with Crippen molar-refractivity contribution in [3.63, 3.8) is 0 Å². The number of nitrogens with two attached hydrogens (primary N) is 2. The summed E-state index contributed by atoms with van der Waals surface area (Å²) in [5.41, 5.74) is 17.9. The van der Waals surface area contributed by atoms with Crippen molar-refractivity contribution in [1.82, 2.24) is 0 Å². The van der Waals surface area contributed by atoms with Gasteiger partial charge < -0.3 is 78.4 Å². The predicted molar refractivity (Wildman–Crippen MR) is 498 cm³/mol. The highest BCUT2D eigenvalue weighted by atomic mass is 16.6. The second kappa shape index (κ2) is 57.3. The van der Waals surface area contributed by atoms with Gasteiger partial charge in [0.1, 0.15) is 23.0 Å². The Balaban J connectivity index is 1.36. The number of ether oxygens (including phenoxy) is 13. The fourth-order valence-electron chi connectivity index (χ4n) is 14.1. The van der Waals surface area contributed by atoms with E-state index in [2.05, 4.69) is 67.6 Å². The molecule has 0 saturated carbocycles. The number of esters is 1. The second-order valence-corrected chi connectivity index (χ2v) is 32.0. The van der Waals surface area contributed by atoms with Crippen LogP contribution in [0.25, 0.3) is 22.3 Å². The van der Waals surface area contributed by atoms with Crippen LogP contribution in [-0.2, 0) is 0 Å². The lowest BCUT2D eigenvalue weighted by atomic mass is 9.95. The fourth-order valence-corrected chi connectivity index (χ4v) is 14.1. The normalized spacial score (nSPS) is 11.1. The van der Waals surface area contributed by atoms with E-state index in [0.717, 1.165) is 253 Å². The average Bonchev–Trinajstić information content (AvgIpc) is 0.765. The van der Waals surface area contributed by atoms with Gasteiger partial charge in [-0.25, -0.2) is 4.79 Å². The fraction of sp³-hybridized carbons (Fsp3) is 0.519. The molecule has 0 fully saturated rings. The first-order chi connectivity index (χ1) is 59.8. The van der Waals surface area contributed by atoms with Gasteiger partial charge in [-0.3, -0.25) is 4.79 Å². The first kappa shape index (κ1) is 97.3. The summed E-state index contributed by atoms with van der Waals surface area (Å²) in [4.78, 5) is 30.2. The average molecular weight is 1680 g/mol. The van der Waals surface area contributed by atoms with Gasteiger partial charge in [0.05, 0.1) is 65.0 Å². The van der Waals surface area contributed by atoms with Gasteiger partial charge in [0.2, 0.25) is 23.0 Å². The molecule has 0 aliphatic carbocycles. The van der Waals surface area contributed by atoms with Gasteiger partial charge >= 0.3 is 5.97 Å². The molecule has 0 spiro atoms. The Morgan fingerprint density at radius 3 is 0.828 bits per heavy atom. The van der Waals surface area contributed by atoms with Crippen LogP contribution in [0.15, 0.2) is 140 Å². The molecule has 5 N–H and O–H groups in total. The van der Waals surface area contributed by atoms with Crippen LogP contribution in [0, 0.1) is 0 Å². The molecular weight excluding hydrogens is 1530 g/mol. The highest BCUT2D eigenvalue weighted by molar-refractivity contribution is 6.06. The van der Waals surface area contributed by atoms with Crippen LogP contribution in [0.4, 0.5) is 17.1 Å². The number of carbonyl (C=O) groups is 2. The van der Waals surface area contributed by atoms with Crippen molar-refractivity contribution in [2.24, 2.45) is 0 Å². The number of carbonyl (C=O) groups excluding carboxylic acids is 2. The number of unbranched alkanes of at least 4 members (excludes halogenated alkanes) is 27. The van der Waals surface area contributed by atoms with Crippen molar-refractivity contribution in [2.45, 2.75) is 293 Å². The number of nitrogens with one attached hydrogen (secondary N) is 1.